The molecule has 0 aromatic heterocycles. The van der Waals surface area contributed by atoms with E-state index in [1.807, 2.05) is 27.2 Å². The summed E-state index contributed by atoms with van der Waals surface area (Å²) in [5.74, 6) is -0.189. The fraction of sp³-hybridized carbons (Fsp3) is 0.746. The molecular weight excluding hydrogens is 864 g/mol. The summed E-state index contributed by atoms with van der Waals surface area (Å²) in [7, 11) is 1.55. The summed E-state index contributed by atoms with van der Waals surface area (Å²) in [6, 6.07) is -0.867. The molecule has 68 heavy (non-hydrogen) atoms. The number of nitrogens with one attached hydrogen (secondary N) is 1. The second kappa shape index (κ2) is 49.7. The van der Waals surface area contributed by atoms with Crippen molar-refractivity contribution < 1.29 is 32.9 Å². The van der Waals surface area contributed by atoms with E-state index in [0.717, 1.165) is 70.6 Å². The van der Waals surface area contributed by atoms with Gasteiger partial charge in [0, 0.05) is 6.42 Å². The van der Waals surface area contributed by atoms with E-state index < -0.39 is 20.0 Å². The summed E-state index contributed by atoms with van der Waals surface area (Å²) in [5, 5.41) is 13.9. The number of aliphatic hydroxyl groups excluding tert-OH is 1. The monoisotopic (exact) mass is 972 g/mol. The van der Waals surface area contributed by atoms with Crippen LogP contribution in [0, 0.1) is 0 Å². The Kier molecular flexibility index (Phi) is 48.0. The van der Waals surface area contributed by atoms with Gasteiger partial charge in [-0.25, -0.2) is 4.57 Å². The van der Waals surface area contributed by atoms with Crippen molar-refractivity contribution in [3.05, 3.63) is 85.1 Å². The molecule has 0 aliphatic heterocycles. The summed E-state index contributed by atoms with van der Waals surface area (Å²) in [6.45, 7) is 4.68. The number of amides is 1. The minimum atomic E-state index is -4.35. The highest BCUT2D eigenvalue weighted by molar-refractivity contribution is 7.47. The van der Waals surface area contributed by atoms with Crippen LogP contribution >= 0.6 is 7.82 Å². The van der Waals surface area contributed by atoms with Crippen LogP contribution in [0.5, 0.6) is 0 Å². The lowest BCUT2D eigenvalue weighted by atomic mass is 10.0. The van der Waals surface area contributed by atoms with E-state index >= 15 is 0 Å². The number of carbonyl (C=O) groups excluding carboxylic acids is 1. The molecule has 394 valence electrons. The number of carbonyl (C=O) groups is 1. The Morgan fingerprint density at radius 2 is 0.897 bits per heavy atom. The number of hydrogen-bond donors (Lipinski definition) is 3. The van der Waals surface area contributed by atoms with Gasteiger partial charge >= 0.3 is 7.82 Å². The van der Waals surface area contributed by atoms with Gasteiger partial charge in [-0.1, -0.05) is 234 Å². The molecule has 0 saturated carbocycles. The zero-order chi connectivity index (χ0) is 49.9. The first-order valence-electron chi connectivity index (χ1n) is 28.0. The lowest BCUT2D eigenvalue weighted by molar-refractivity contribution is -0.870. The third kappa shape index (κ3) is 51.5. The normalized spacial score (nSPS) is 14.6. The first-order chi connectivity index (χ1) is 33.0. The van der Waals surface area contributed by atoms with Gasteiger partial charge in [-0.3, -0.25) is 13.8 Å². The Hall–Kier alpha value is -2.32. The second-order valence-electron chi connectivity index (χ2n) is 19.9. The van der Waals surface area contributed by atoms with Crippen molar-refractivity contribution in [2.45, 2.75) is 244 Å². The minimum Gasteiger partial charge on any atom is -0.387 e. The molecule has 0 heterocycles. The Morgan fingerprint density at radius 3 is 1.35 bits per heavy atom. The maximum Gasteiger partial charge on any atom is 0.472 e. The fourth-order valence-corrected chi connectivity index (χ4v) is 8.47. The lowest BCUT2D eigenvalue weighted by Gasteiger charge is -2.25. The zero-order valence-electron chi connectivity index (χ0n) is 44.8. The average molecular weight is 972 g/mol. The number of quaternary nitrogens is 1. The van der Waals surface area contributed by atoms with E-state index in [4.69, 9.17) is 9.05 Å². The van der Waals surface area contributed by atoms with Crippen LogP contribution in [0.1, 0.15) is 232 Å². The smallest absolute Gasteiger partial charge is 0.387 e. The van der Waals surface area contributed by atoms with Crippen LogP contribution in [0.2, 0.25) is 0 Å². The van der Waals surface area contributed by atoms with Crippen molar-refractivity contribution in [3.63, 3.8) is 0 Å². The van der Waals surface area contributed by atoms with Gasteiger partial charge in [0.2, 0.25) is 5.91 Å². The van der Waals surface area contributed by atoms with E-state index in [1.54, 1.807) is 6.08 Å². The first-order valence-corrected chi connectivity index (χ1v) is 29.5. The van der Waals surface area contributed by atoms with Crippen molar-refractivity contribution in [2.75, 3.05) is 40.9 Å². The molecule has 3 atom stereocenters. The van der Waals surface area contributed by atoms with Crippen LogP contribution < -0.4 is 5.32 Å². The van der Waals surface area contributed by atoms with Crippen molar-refractivity contribution in [2.24, 2.45) is 0 Å². The van der Waals surface area contributed by atoms with E-state index in [0.29, 0.717) is 17.4 Å². The summed E-state index contributed by atoms with van der Waals surface area (Å²) in [4.78, 5) is 23.3. The SMILES string of the molecule is CC/C=C\C/C=C\C/C=C\C/C=C\C/C=C\CCCCCCCCCCCCCCCCCC(=O)NC(COP(=O)(O)OCC[N+](C)(C)C)C(O)/C=C/CC/C=C/CCCCCCCCCCC. The average Bonchev–Trinajstić information content (AvgIpc) is 3.30. The predicted molar refractivity (Wildman–Crippen MR) is 295 cm³/mol. The van der Waals surface area contributed by atoms with E-state index in [2.05, 4.69) is 92.1 Å². The number of phosphoric acid groups is 1. The highest BCUT2D eigenvalue weighted by Gasteiger charge is 2.27. The highest BCUT2D eigenvalue weighted by Crippen LogP contribution is 2.43. The van der Waals surface area contributed by atoms with E-state index in [1.165, 1.54) is 141 Å². The van der Waals surface area contributed by atoms with Crippen LogP contribution in [0.4, 0.5) is 0 Å². The van der Waals surface area contributed by atoms with Crippen LogP contribution in [-0.4, -0.2) is 73.4 Å². The molecule has 0 saturated heterocycles. The summed E-state index contributed by atoms with van der Waals surface area (Å²) in [5.41, 5.74) is 0. The van der Waals surface area contributed by atoms with Gasteiger partial charge in [0.25, 0.3) is 0 Å². The molecule has 0 fully saturated rings. The van der Waals surface area contributed by atoms with Crippen molar-refractivity contribution >= 4 is 13.7 Å². The predicted octanol–water partition coefficient (Wildman–Crippen LogP) is 16.9. The van der Waals surface area contributed by atoms with E-state index in [9.17, 15) is 19.4 Å². The first kappa shape index (κ1) is 65.7. The number of hydrogen-bond acceptors (Lipinski definition) is 5. The molecule has 0 aliphatic carbocycles. The zero-order valence-corrected chi connectivity index (χ0v) is 45.7. The Morgan fingerprint density at radius 1 is 0.515 bits per heavy atom. The largest absolute Gasteiger partial charge is 0.472 e. The Balaban J connectivity index is 4.15. The number of aliphatic hydroxyl groups is 1. The minimum absolute atomic E-state index is 0.0536. The standard InChI is InChI=1S/C59H107N2O6P/c1-6-8-10-12-14-16-18-20-22-23-24-25-26-27-28-29-30-31-32-33-34-35-36-37-39-41-43-45-47-49-51-53-59(63)60-57(56-67-68(64,65)66-55-54-61(3,4)5)58(62)52-50-48-46-44-42-40-38-21-19-17-15-13-11-9-7-2/h8,10,14,16,20,22,24-25,27-28,42,44,50,52,57-58,62H,6-7,9,11-13,15,17-19,21,23,26,29-41,43,45-49,51,53-56H2,1-5H3,(H-,60,63,64,65)/p+1/b10-8-,16-14-,22-20-,25-24-,28-27-,44-42+,52-50+. The molecule has 0 aromatic carbocycles. The van der Waals surface area contributed by atoms with Crippen molar-refractivity contribution in [1.29, 1.82) is 0 Å². The summed E-state index contributed by atoms with van der Waals surface area (Å²) < 4.78 is 23.6. The van der Waals surface area contributed by atoms with Gasteiger partial charge in [0.05, 0.1) is 39.9 Å². The Labute approximate surface area is 420 Å². The van der Waals surface area contributed by atoms with Gasteiger partial charge in [-0.15, -0.1) is 0 Å². The van der Waals surface area contributed by atoms with E-state index in [-0.39, 0.29) is 19.1 Å². The fourth-order valence-electron chi connectivity index (χ4n) is 7.73. The van der Waals surface area contributed by atoms with Crippen LogP contribution in [0.25, 0.3) is 0 Å². The number of unbranched alkanes of at least 4 members (excludes halogenated alkanes) is 25. The third-order valence-electron chi connectivity index (χ3n) is 12.1. The number of rotatable bonds is 50. The van der Waals surface area contributed by atoms with Crippen molar-refractivity contribution in [1.82, 2.24) is 5.32 Å². The number of nitrogens with zero attached hydrogens (tertiary/aromatic N) is 1. The molecule has 0 aliphatic rings. The third-order valence-corrected chi connectivity index (χ3v) is 13.1. The van der Waals surface area contributed by atoms with Crippen LogP contribution in [0.15, 0.2) is 85.1 Å². The summed E-state index contributed by atoms with van der Waals surface area (Å²) in [6.07, 6.45) is 69.7. The lowest BCUT2D eigenvalue weighted by Crippen LogP contribution is -2.45. The molecule has 0 spiro atoms. The highest BCUT2D eigenvalue weighted by atomic mass is 31.2. The molecule has 0 radical (unpaired) electrons. The van der Waals surface area contributed by atoms with Gasteiger partial charge in [0.15, 0.2) is 0 Å². The molecule has 9 heteroatoms. The quantitative estimate of drug-likeness (QED) is 0.0243. The molecule has 0 bridgehead atoms. The van der Waals surface area contributed by atoms with Crippen LogP contribution in [0.3, 0.4) is 0 Å². The summed E-state index contributed by atoms with van der Waals surface area (Å²) >= 11 is 0. The number of allylic oxidation sites excluding steroid dienone is 13. The number of likely N-dealkylation sites (N-methyl/N-ethyl adjacent to an activating group) is 1. The van der Waals surface area contributed by atoms with Gasteiger partial charge < -0.3 is 19.8 Å². The number of phosphoric ester groups is 1. The molecule has 1 amide bonds. The molecular formula is C59H108N2O6P+. The molecule has 0 rings (SSSR count). The Bertz CT molecular complexity index is 1380. The molecule has 8 nitrogen and oxygen atoms in total. The van der Waals surface area contributed by atoms with Crippen LogP contribution in [-0.2, 0) is 18.4 Å². The maximum absolute atomic E-state index is 13.0. The molecule has 0 aromatic rings. The van der Waals surface area contributed by atoms with Gasteiger partial charge in [0.1, 0.15) is 13.2 Å². The maximum atomic E-state index is 13.0. The van der Waals surface area contributed by atoms with Gasteiger partial charge in [-0.05, 0) is 77.0 Å². The van der Waals surface area contributed by atoms with Crippen molar-refractivity contribution in [3.8, 4) is 0 Å². The molecule has 3 unspecified atom stereocenters. The van der Waals surface area contributed by atoms with Gasteiger partial charge in [-0.2, -0.15) is 0 Å². The second-order valence-corrected chi connectivity index (χ2v) is 21.4. The molecule has 3 N–H and O–H groups in total. The topological polar surface area (TPSA) is 105 Å².